The number of furan rings is 2. The van der Waals surface area contributed by atoms with Gasteiger partial charge in [-0.15, -0.1) is 0 Å². The van der Waals surface area contributed by atoms with Gasteiger partial charge in [-0.3, -0.25) is 0 Å². The lowest BCUT2D eigenvalue weighted by molar-refractivity contribution is 0.660. The van der Waals surface area contributed by atoms with Crippen LogP contribution in [0.15, 0.2) is 197 Å². The van der Waals surface area contributed by atoms with Crippen LogP contribution in [0.5, 0.6) is 0 Å². The highest BCUT2D eigenvalue weighted by molar-refractivity contribution is 6.19. The molecule has 0 spiro atoms. The zero-order chi connectivity index (χ0) is 38.5. The zero-order valence-electron chi connectivity index (χ0n) is 32.2. The van der Waals surface area contributed by atoms with Crippen LogP contribution in [0.3, 0.4) is 0 Å². The Kier molecular flexibility index (Phi) is 6.98. The monoisotopic (exact) mass is 743 g/mol. The van der Waals surface area contributed by atoms with Crippen LogP contribution in [-0.4, -0.2) is 0 Å². The van der Waals surface area contributed by atoms with E-state index in [0.29, 0.717) is 0 Å². The third-order valence-corrected chi connectivity index (χ3v) is 12.5. The van der Waals surface area contributed by atoms with Crippen LogP contribution in [0, 0.1) is 0 Å². The van der Waals surface area contributed by atoms with E-state index in [1.807, 2.05) is 12.1 Å². The van der Waals surface area contributed by atoms with Gasteiger partial charge in [0.15, 0.2) is 0 Å². The number of hydrogen-bond acceptors (Lipinski definition) is 3. The first kappa shape index (κ1) is 32.8. The molecule has 2 heterocycles. The zero-order valence-corrected chi connectivity index (χ0v) is 32.2. The summed E-state index contributed by atoms with van der Waals surface area (Å²) in [5.41, 5.74) is 16.3. The average molecular weight is 744 g/mol. The third kappa shape index (κ3) is 4.68. The largest absolute Gasteiger partial charge is 0.455 e. The Morgan fingerprint density at radius 3 is 1.86 bits per heavy atom. The molecule has 12 rings (SSSR count). The second-order valence-corrected chi connectivity index (χ2v) is 16.0. The molecule has 0 bridgehead atoms. The van der Waals surface area contributed by atoms with E-state index in [4.69, 9.17) is 8.83 Å². The lowest BCUT2D eigenvalue weighted by Crippen LogP contribution is -2.16. The van der Waals surface area contributed by atoms with Gasteiger partial charge in [0.25, 0.3) is 0 Å². The van der Waals surface area contributed by atoms with Crippen LogP contribution >= 0.6 is 0 Å². The molecule has 274 valence electrons. The minimum Gasteiger partial charge on any atom is -0.455 e. The summed E-state index contributed by atoms with van der Waals surface area (Å²) in [7, 11) is 0. The van der Waals surface area contributed by atoms with Crippen LogP contribution in [0.2, 0.25) is 0 Å². The van der Waals surface area contributed by atoms with E-state index in [2.05, 4.69) is 195 Å². The molecule has 0 unspecified atom stereocenters. The molecule has 0 saturated heterocycles. The number of para-hydroxylation sites is 3. The Morgan fingerprint density at radius 1 is 0.397 bits per heavy atom. The predicted molar refractivity (Wildman–Crippen MR) is 242 cm³/mol. The molecule has 0 fully saturated rings. The Labute approximate surface area is 336 Å². The summed E-state index contributed by atoms with van der Waals surface area (Å²) >= 11 is 0. The highest BCUT2D eigenvalue weighted by Crippen LogP contribution is 2.55. The Morgan fingerprint density at radius 2 is 1.00 bits per heavy atom. The molecule has 0 N–H and O–H groups in total. The number of anilines is 3. The molecule has 9 aromatic carbocycles. The second-order valence-electron chi connectivity index (χ2n) is 16.0. The summed E-state index contributed by atoms with van der Waals surface area (Å²) < 4.78 is 13.4. The van der Waals surface area contributed by atoms with Crippen LogP contribution in [0.4, 0.5) is 17.1 Å². The lowest BCUT2D eigenvalue weighted by atomic mass is 9.82. The van der Waals surface area contributed by atoms with Gasteiger partial charge in [0.2, 0.25) is 0 Å². The topological polar surface area (TPSA) is 29.5 Å². The SMILES string of the molecule is CC1(C)c2ccccc2-c2c(N(c3ccc(-c4cccc5c4oc4ccccc45)cc3)c3ccc(-c4cccc5ccccc45)c4oc5ccccc5c34)cccc21. The third-order valence-electron chi connectivity index (χ3n) is 12.5. The van der Waals surface area contributed by atoms with Crippen LogP contribution in [0.1, 0.15) is 25.0 Å². The summed E-state index contributed by atoms with van der Waals surface area (Å²) in [6, 6.07) is 67.6. The molecule has 0 amide bonds. The summed E-state index contributed by atoms with van der Waals surface area (Å²) in [5.74, 6) is 0. The first-order valence-electron chi connectivity index (χ1n) is 20.0. The molecule has 58 heavy (non-hydrogen) atoms. The van der Waals surface area contributed by atoms with E-state index in [-0.39, 0.29) is 5.41 Å². The van der Waals surface area contributed by atoms with Gasteiger partial charge in [0.05, 0.1) is 16.8 Å². The molecule has 0 atom stereocenters. The normalized spacial score (nSPS) is 13.1. The molecular weight excluding hydrogens is 707 g/mol. The molecule has 3 heteroatoms. The first-order chi connectivity index (χ1) is 28.5. The fourth-order valence-electron chi connectivity index (χ4n) is 9.76. The van der Waals surface area contributed by atoms with Crippen molar-refractivity contribution < 1.29 is 8.83 Å². The quantitative estimate of drug-likeness (QED) is 0.176. The minimum absolute atomic E-state index is 0.154. The van der Waals surface area contributed by atoms with Crippen molar-refractivity contribution in [1.29, 1.82) is 0 Å². The van der Waals surface area contributed by atoms with Crippen molar-refractivity contribution in [2.75, 3.05) is 4.90 Å². The molecule has 3 nitrogen and oxygen atoms in total. The van der Waals surface area contributed by atoms with Crippen LogP contribution in [-0.2, 0) is 5.41 Å². The Balaban J connectivity index is 1.13. The van der Waals surface area contributed by atoms with E-state index >= 15 is 0 Å². The van der Waals surface area contributed by atoms with E-state index in [1.165, 1.54) is 33.0 Å². The van der Waals surface area contributed by atoms with Gasteiger partial charge in [-0.2, -0.15) is 0 Å². The molecule has 0 aliphatic heterocycles. The maximum atomic E-state index is 6.94. The van der Waals surface area contributed by atoms with Gasteiger partial charge in [0, 0.05) is 44.0 Å². The van der Waals surface area contributed by atoms with Crippen LogP contribution in [0.25, 0.3) is 88.0 Å². The standard InChI is InChI=1S/C55H37NO2/c1-55(2)45-23-8-5-18-43(45)51-46(55)24-13-25-47(51)56(36-30-28-35(29-31-36)38-20-12-22-41-40-17-6-9-26-49(40)57-53(38)41)48-33-32-42(39-21-11-15-34-14-3-4-16-37(34)39)54-52(48)44-19-7-10-27-50(44)58-54/h3-33H,1-2H3. The minimum atomic E-state index is -0.154. The molecule has 2 aromatic heterocycles. The smallest absolute Gasteiger partial charge is 0.145 e. The maximum Gasteiger partial charge on any atom is 0.145 e. The van der Waals surface area contributed by atoms with E-state index in [1.54, 1.807) is 0 Å². The summed E-state index contributed by atoms with van der Waals surface area (Å²) in [6.45, 7) is 4.69. The number of fused-ring (bicyclic) bond motifs is 10. The highest BCUT2D eigenvalue weighted by Gasteiger charge is 2.38. The molecule has 0 saturated carbocycles. The molecule has 11 aromatic rings. The van der Waals surface area contributed by atoms with Gasteiger partial charge >= 0.3 is 0 Å². The van der Waals surface area contributed by atoms with Gasteiger partial charge in [-0.1, -0.05) is 159 Å². The first-order valence-corrected chi connectivity index (χ1v) is 20.0. The van der Waals surface area contributed by atoms with Crippen molar-refractivity contribution in [1.82, 2.24) is 0 Å². The van der Waals surface area contributed by atoms with Crippen LogP contribution < -0.4 is 4.90 Å². The number of rotatable bonds is 5. The van der Waals surface area contributed by atoms with E-state index in [0.717, 1.165) is 83.2 Å². The summed E-state index contributed by atoms with van der Waals surface area (Å²) in [5, 5.41) is 6.83. The van der Waals surface area contributed by atoms with E-state index < -0.39 is 0 Å². The Hall–Kier alpha value is -7.36. The molecule has 0 radical (unpaired) electrons. The fourth-order valence-corrected chi connectivity index (χ4v) is 9.76. The van der Waals surface area contributed by atoms with Crippen molar-refractivity contribution in [3.8, 4) is 33.4 Å². The molecular formula is C55H37NO2. The second kappa shape index (κ2) is 12.3. The fraction of sp³-hybridized carbons (Fsp3) is 0.0545. The lowest BCUT2D eigenvalue weighted by Gasteiger charge is -2.30. The van der Waals surface area contributed by atoms with Crippen molar-refractivity contribution >= 4 is 71.7 Å². The number of nitrogens with zero attached hydrogens (tertiary/aromatic N) is 1. The predicted octanol–water partition coefficient (Wildman–Crippen LogP) is 15.7. The van der Waals surface area contributed by atoms with Gasteiger partial charge in [-0.25, -0.2) is 0 Å². The Bertz CT molecular complexity index is 3430. The number of hydrogen-bond donors (Lipinski definition) is 0. The maximum absolute atomic E-state index is 6.94. The summed E-state index contributed by atoms with van der Waals surface area (Å²) in [6.07, 6.45) is 0. The average Bonchev–Trinajstić information content (AvgIpc) is 3.93. The molecule has 1 aliphatic carbocycles. The summed E-state index contributed by atoms with van der Waals surface area (Å²) in [4.78, 5) is 2.46. The highest BCUT2D eigenvalue weighted by atomic mass is 16.3. The van der Waals surface area contributed by atoms with Gasteiger partial charge in [0.1, 0.15) is 22.3 Å². The van der Waals surface area contributed by atoms with E-state index in [9.17, 15) is 0 Å². The van der Waals surface area contributed by atoms with Gasteiger partial charge in [-0.05, 0) is 81.1 Å². The number of benzene rings is 9. The molecule has 1 aliphatic rings. The van der Waals surface area contributed by atoms with Crippen molar-refractivity contribution in [2.24, 2.45) is 0 Å². The van der Waals surface area contributed by atoms with Crippen molar-refractivity contribution in [3.63, 3.8) is 0 Å². The van der Waals surface area contributed by atoms with Gasteiger partial charge < -0.3 is 13.7 Å². The van der Waals surface area contributed by atoms with Crippen molar-refractivity contribution in [2.45, 2.75) is 19.3 Å². The van der Waals surface area contributed by atoms with Crippen molar-refractivity contribution in [3.05, 3.63) is 199 Å².